The molecule has 0 unspecified atom stereocenters. The lowest BCUT2D eigenvalue weighted by molar-refractivity contribution is 0.131. The third kappa shape index (κ3) is 10.2. The van der Waals surface area contributed by atoms with Gasteiger partial charge in [0, 0.05) is 25.3 Å². The molecule has 0 radical (unpaired) electrons. The highest BCUT2D eigenvalue weighted by atomic mass is 16.5. The summed E-state index contributed by atoms with van der Waals surface area (Å²) in [6.07, 6.45) is 2.38. The van der Waals surface area contributed by atoms with Crippen LogP contribution in [0.3, 0.4) is 0 Å². The largest absolute Gasteiger partial charge is 0.382 e. The normalized spacial score (nSPS) is 13.2. The van der Waals surface area contributed by atoms with Crippen molar-refractivity contribution in [2.75, 3.05) is 19.8 Å². The Bertz CT molecular complexity index is 158. The summed E-state index contributed by atoms with van der Waals surface area (Å²) < 4.78 is 5.35. The van der Waals surface area contributed by atoms with E-state index in [-0.39, 0.29) is 5.54 Å². The number of rotatable bonds is 7. The summed E-state index contributed by atoms with van der Waals surface area (Å²) >= 11 is 0. The highest BCUT2D eigenvalue weighted by Gasteiger charge is 2.20. The molecule has 0 spiro atoms. The molecule has 0 saturated heterocycles. The molecule has 0 aromatic rings. The van der Waals surface area contributed by atoms with Gasteiger partial charge in [0.25, 0.3) is 0 Å². The van der Waals surface area contributed by atoms with Crippen molar-refractivity contribution in [1.82, 2.24) is 5.32 Å². The average Bonchev–Trinajstić information content (AvgIpc) is 2.09. The van der Waals surface area contributed by atoms with Crippen molar-refractivity contribution in [1.29, 1.82) is 0 Å². The quantitative estimate of drug-likeness (QED) is 0.658. The molecular formula is C13H29NO. The minimum Gasteiger partial charge on any atom is -0.382 e. The Balaban J connectivity index is 3.67. The summed E-state index contributed by atoms with van der Waals surface area (Å²) in [5.41, 5.74) is 0.585. The molecule has 0 bridgehead atoms. The molecular weight excluding hydrogens is 186 g/mol. The van der Waals surface area contributed by atoms with Gasteiger partial charge < -0.3 is 10.1 Å². The zero-order valence-corrected chi connectivity index (χ0v) is 11.4. The van der Waals surface area contributed by atoms with E-state index in [1.165, 1.54) is 6.42 Å². The van der Waals surface area contributed by atoms with Crippen LogP contribution in [0.15, 0.2) is 0 Å². The summed E-state index contributed by atoms with van der Waals surface area (Å²) in [4.78, 5) is 0. The maximum atomic E-state index is 5.35. The fraction of sp³-hybridized carbons (Fsp3) is 1.00. The lowest BCUT2D eigenvalue weighted by Gasteiger charge is -2.30. The second-order valence-corrected chi connectivity index (χ2v) is 6.07. The van der Waals surface area contributed by atoms with Gasteiger partial charge in [-0.25, -0.2) is 0 Å². The molecule has 0 aliphatic rings. The second kappa shape index (κ2) is 6.49. The summed E-state index contributed by atoms with van der Waals surface area (Å²) in [6.45, 7) is 16.1. The predicted molar refractivity (Wildman–Crippen MR) is 67.3 cm³/mol. The van der Waals surface area contributed by atoms with Gasteiger partial charge in [-0.15, -0.1) is 0 Å². The van der Waals surface area contributed by atoms with E-state index in [1.54, 1.807) is 0 Å². The van der Waals surface area contributed by atoms with E-state index >= 15 is 0 Å². The van der Waals surface area contributed by atoms with Crippen LogP contribution in [0.25, 0.3) is 0 Å². The zero-order valence-electron chi connectivity index (χ0n) is 11.4. The first-order chi connectivity index (χ1) is 6.77. The molecule has 15 heavy (non-hydrogen) atoms. The van der Waals surface area contributed by atoms with Crippen LogP contribution in [0.2, 0.25) is 0 Å². The zero-order chi connectivity index (χ0) is 11.9. The lowest BCUT2D eigenvalue weighted by atomic mass is 9.87. The van der Waals surface area contributed by atoms with Crippen LogP contribution in [0, 0.1) is 5.41 Å². The van der Waals surface area contributed by atoms with Gasteiger partial charge in [0.05, 0.1) is 0 Å². The summed E-state index contributed by atoms with van der Waals surface area (Å²) in [5, 5.41) is 3.56. The van der Waals surface area contributed by atoms with Crippen LogP contribution in [0.4, 0.5) is 0 Å². The van der Waals surface area contributed by atoms with Crippen molar-refractivity contribution in [3.63, 3.8) is 0 Å². The number of nitrogens with one attached hydrogen (secondary N) is 1. The van der Waals surface area contributed by atoms with Crippen LogP contribution in [-0.2, 0) is 4.74 Å². The molecule has 0 heterocycles. The van der Waals surface area contributed by atoms with E-state index in [4.69, 9.17) is 4.74 Å². The topological polar surface area (TPSA) is 21.3 Å². The van der Waals surface area contributed by atoms with Gasteiger partial charge in [0.1, 0.15) is 0 Å². The van der Waals surface area contributed by atoms with Crippen molar-refractivity contribution in [2.24, 2.45) is 5.41 Å². The third-order valence-corrected chi connectivity index (χ3v) is 2.44. The molecule has 2 nitrogen and oxygen atoms in total. The number of hydrogen-bond donors (Lipinski definition) is 1. The fourth-order valence-corrected chi connectivity index (χ4v) is 1.39. The van der Waals surface area contributed by atoms with Crippen LogP contribution in [0.1, 0.15) is 54.4 Å². The van der Waals surface area contributed by atoms with Crippen LogP contribution >= 0.6 is 0 Å². The Kier molecular flexibility index (Phi) is 6.46. The summed E-state index contributed by atoms with van der Waals surface area (Å²) in [6, 6.07) is 0. The van der Waals surface area contributed by atoms with Crippen molar-refractivity contribution in [3.8, 4) is 0 Å². The second-order valence-electron chi connectivity index (χ2n) is 6.07. The minimum atomic E-state index is 0.219. The van der Waals surface area contributed by atoms with Gasteiger partial charge in [-0.2, -0.15) is 0 Å². The van der Waals surface area contributed by atoms with Crippen molar-refractivity contribution in [2.45, 2.75) is 59.9 Å². The maximum absolute atomic E-state index is 5.35. The molecule has 0 aliphatic heterocycles. The minimum absolute atomic E-state index is 0.219. The molecule has 0 amide bonds. The Morgan fingerprint density at radius 3 is 2.13 bits per heavy atom. The Morgan fingerprint density at radius 1 is 1.07 bits per heavy atom. The molecule has 0 aromatic heterocycles. The molecule has 2 heteroatoms. The molecule has 0 fully saturated rings. The number of ether oxygens (including phenoxy) is 1. The Hall–Kier alpha value is -0.0800. The van der Waals surface area contributed by atoms with E-state index in [2.05, 4.69) is 39.9 Å². The monoisotopic (exact) mass is 215 g/mol. The summed E-state index contributed by atoms with van der Waals surface area (Å²) in [5.74, 6) is 0. The van der Waals surface area contributed by atoms with Gasteiger partial charge in [0.15, 0.2) is 0 Å². The van der Waals surface area contributed by atoms with E-state index in [9.17, 15) is 0 Å². The number of hydrogen-bond acceptors (Lipinski definition) is 2. The van der Waals surface area contributed by atoms with Crippen LogP contribution in [-0.4, -0.2) is 25.3 Å². The lowest BCUT2D eigenvalue weighted by Crippen LogP contribution is -2.42. The predicted octanol–water partition coefficient (Wildman–Crippen LogP) is 3.22. The first-order valence-electron chi connectivity index (χ1n) is 6.10. The van der Waals surface area contributed by atoms with Crippen LogP contribution < -0.4 is 5.32 Å². The Labute approximate surface area is 95.8 Å². The highest BCUT2D eigenvalue weighted by Crippen LogP contribution is 2.22. The van der Waals surface area contributed by atoms with Gasteiger partial charge in [-0.3, -0.25) is 0 Å². The van der Waals surface area contributed by atoms with E-state index in [0.717, 1.165) is 26.2 Å². The van der Waals surface area contributed by atoms with Crippen molar-refractivity contribution < 1.29 is 4.74 Å². The van der Waals surface area contributed by atoms with Crippen molar-refractivity contribution in [3.05, 3.63) is 0 Å². The molecule has 0 atom stereocenters. The van der Waals surface area contributed by atoms with Crippen LogP contribution in [0.5, 0.6) is 0 Å². The standard InChI is InChI=1S/C13H29NO/c1-7-15-10-8-9-13(5,6)11-14-12(2,3)4/h14H,7-11H2,1-6H3. The maximum Gasteiger partial charge on any atom is 0.0466 e. The molecule has 1 N–H and O–H groups in total. The van der Waals surface area contributed by atoms with Crippen molar-refractivity contribution >= 4 is 0 Å². The fourth-order valence-electron chi connectivity index (χ4n) is 1.39. The van der Waals surface area contributed by atoms with Gasteiger partial charge in [-0.1, -0.05) is 13.8 Å². The van der Waals surface area contributed by atoms with E-state index in [0.29, 0.717) is 5.41 Å². The SMILES string of the molecule is CCOCCCC(C)(C)CNC(C)(C)C. The molecule has 0 rings (SSSR count). The first kappa shape index (κ1) is 14.9. The molecule has 0 aromatic carbocycles. The van der Waals surface area contributed by atoms with E-state index < -0.39 is 0 Å². The summed E-state index contributed by atoms with van der Waals surface area (Å²) in [7, 11) is 0. The van der Waals surface area contributed by atoms with E-state index in [1.807, 2.05) is 6.92 Å². The highest BCUT2D eigenvalue weighted by molar-refractivity contribution is 4.78. The van der Waals surface area contributed by atoms with Gasteiger partial charge in [0.2, 0.25) is 0 Å². The molecule has 0 aliphatic carbocycles. The average molecular weight is 215 g/mol. The first-order valence-corrected chi connectivity index (χ1v) is 6.10. The smallest absolute Gasteiger partial charge is 0.0466 e. The van der Waals surface area contributed by atoms with Gasteiger partial charge in [-0.05, 0) is 46.0 Å². The molecule has 92 valence electrons. The van der Waals surface area contributed by atoms with Gasteiger partial charge >= 0.3 is 0 Å². The Morgan fingerprint density at radius 2 is 1.67 bits per heavy atom. The molecule has 0 saturated carbocycles. The third-order valence-electron chi connectivity index (χ3n) is 2.44.